The highest BCUT2D eigenvalue weighted by Gasteiger charge is 2.44. The Morgan fingerprint density at radius 2 is 1.49 bits per heavy atom. The van der Waals surface area contributed by atoms with E-state index in [4.69, 9.17) is 28.9 Å². The predicted octanol–water partition coefficient (Wildman–Crippen LogP) is 7.30. The summed E-state index contributed by atoms with van der Waals surface area (Å²) in [7, 11) is 2.60. The van der Waals surface area contributed by atoms with Gasteiger partial charge in [0, 0.05) is 36.2 Å². The van der Waals surface area contributed by atoms with E-state index in [-0.39, 0.29) is 47.8 Å². The van der Waals surface area contributed by atoms with Crippen molar-refractivity contribution >= 4 is 45.8 Å². The van der Waals surface area contributed by atoms with E-state index in [9.17, 15) is 19.2 Å². The number of carbonyl (C=O) groups excluding carboxylic acids is 4. The van der Waals surface area contributed by atoms with Crippen molar-refractivity contribution in [3.8, 4) is 28.1 Å². The highest BCUT2D eigenvalue weighted by atomic mass is 16.5. The van der Waals surface area contributed by atoms with Crippen LogP contribution >= 0.6 is 0 Å². The van der Waals surface area contributed by atoms with Gasteiger partial charge in [-0.2, -0.15) is 0 Å². The van der Waals surface area contributed by atoms with Gasteiger partial charge in [-0.15, -0.1) is 0 Å². The van der Waals surface area contributed by atoms with Gasteiger partial charge in [-0.05, 0) is 111 Å². The van der Waals surface area contributed by atoms with Crippen LogP contribution in [-0.4, -0.2) is 105 Å². The molecule has 332 valence electrons. The van der Waals surface area contributed by atoms with Gasteiger partial charge in [0.2, 0.25) is 11.8 Å². The van der Waals surface area contributed by atoms with Gasteiger partial charge in [0.1, 0.15) is 36.1 Å². The van der Waals surface area contributed by atoms with Crippen molar-refractivity contribution in [3.05, 3.63) is 65.9 Å². The third-order valence-corrected chi connectivity index (χ3v) is 13.6. The van der Waals surface area contributed by atoms with Crippen molar-refractivity contribution in [2.75, 3.05) is 27.4 Å². The molecule has 16 heteroatoms. The molecule has 0 saturated carbocycles. The van der Waals surface area contributed by atoms with E-state index in [0.717, 1.165) is 81.2 Å². The summed E-state index contributed by atoms with van der Waals surface area (Å²) in [4.78, 5) is 73.6. The number of methoxy groups -OCH3 is 2. The zero-order valence-electron chi connectivity index (χ0n) is 36.7. The molecule has 3 aromatic carbocycles. The molecule has 6 atom stereocenters. The molecule has 63 heavy (non-hydrogen) atoms. The first-order chi connectivity index (χ1) is 30.4. The lowest BCUT2D eigenvalue weighted by Crippen LogP contribution is -2.54. The van der Waals surface area contributed by atoms with Gasteiger partial charge >= 0.3 is 12.2 Å². The van der Waals surface area contributed by atoms with Crippen LogP contribution in [0.2, 0.25) is 0 Å². The van der Waals surface area contributed by atoms with Crippen molar-refractivity contribution in [2.45, 2.75) is 109 Å². The molecule has 3 saturated heterocycles. The Morgan fingerprint density at radius 1 is 0.794 bits per heavy atom. The molecule has 4 aliphatic rings. The number of aromatic amines is 2. The van der Waals surface area contributed by atoms with Gasteiger partial charge in [-0.1, -0.05) is 32.0 Å². The van der Waals surface area contributed by atoms with Crippen LogP contribution in [0.1, 0.15) is 95.5 Å². The Hall–Kier alpha value is -6.16. The fourth-order valence-corrected chi connectivity index (χ4v) is 10.2. The maximum absolute atomic E-state index is 14.3. The lowest BCUT2D eigenvalue weighted by Gasteiger charge is -2.36. The van der Waals surface area contributed by atoms with Crippen LogP contribution < -0.4 is 15.4 Å². The van der Waals surface area contributed by atoms with Crippen molar-refractivity contribution in [3.63, 3.8) is 0 Å². The summed E-state index contributed by atoms with van der Waals surface area (Å²) >= 11 is 0. The summed E-state index contributed by atoms with van der Waals surface area (Å²) in [6.45, 7) is 9.37. The normalized spacial score (nSPS) is 22.1. The van der Waals surface area contributed by atoms with Crippen LogP contribution in [0.5, 0.6) is 5.75 Å². The second kappa shape index (κ2) is 17.2. The summed E-state index contributed by atoms with van der Waals surface area (Å²) in [6.07, 6.45) is 5.06. The second-order valence-corrected chi connectivity index (χ2v) is 17.8. The average molecular weight is 861 g/mol. The van der Waals surface area contributed by atoms with E-state index in [2.05, 4.69) is 57.0 Å². The van der Waals surface area contributed by atoms with E-state index in [1.54, 1.807) is 0 Å². The lowest BCUT2D eigenvalue weighted by molar-refractivity contribution is -0.139. The molecule has 16 nitrogen and oxygen atoms in total. The van der Waals surface area contributed by atoms with Crippen molar-refractivity contribution in [1.82, 2.24) is 40.4 Å². The zero-order chi connectivity index (χ0) is 44.1. The number of carbonyl (C=O) groups is 4. The van der Waals surface area contributed by atoms with Gasteiger partial charge in [0.25, 0.3) is 0 Å². The second-order valence-electron chi connectivity index (χ2n) is 17.8. The van der Waals surface area contributed by atoms with Crippen LogP contribution in [0.3, 0.4) is 0 Å². The molecule has 2 aromatic heterocycles. The van der Waals surface area contributed by atoms with E-state index in [1.807, 2.05) is 49.8 Å². The van der Waals surface area contributed by atoms with E-state index >= 15 is 0 Å². The van der Waals surface area contributed by atoms with Crippen molar-refractivity contribution in [1.29, 1.82) is 0 Å². The van der Waals surface area contributed by atoms with Crippen LogP contribution in [0, 0.1) is 11.8 Å². The van der Waals surface area contributed by atoms with Crippen molar-refractivity contribution in [2.24, 2.45) is 11.8 Å². The highest BCUT2D eigenvalue weighted by molar-refractivity contribution is 6.07. The molecule has 0 spiro atoms. The number of amides is 4. The Kier molecular flexibility index (Phi) is 11.5. The SMILES string of the molecule is COC(=O)NC(C(=O)N1[C@@H](C)CC[C@H]1c1nc2c(ccc3cc4c(cc32)OCc2cc(-c3cnc([C@@H]5CC[C@H](C)N5C(=O)[C@@H](NC(=O)OC)C5CCOCC5)[nH]3)ccc2-4)[nH]1)C(C)C. The number of alkyl carbamates (subject to hydrolysis) is 2. The first-order valence-electron chi connectivity index (χ1n) is 22.1. The topological polar surface area (TPSA) is 193 Å². The molecule has 4 amide bonds. The molecule has 3 fully saturated rings. The van der Waals surface area contributed by atoms with E-state index < -0.39 is 24.3 Å². The smallest absolute Gasteiger partial charge is 0.407 e. The molecule has 0 bridgehead atoms. The quantitative estimate of drug-likeness (QED) is 0.117. The molecule has 9 rings (SSSR count). The first-order valence-corrected chi connectivity index (χ1v) is 22.1. The van der Waals surface area contributed by atoms with Gasteiger partial charge in [-0.25, -0.2) is 19.6 Å². The van der Waals surface area contributed by atoms with Gasteiger partial charge in [-0.3, -0.25) is 9.59 Å². The number of imidazole rings is 2. The Morgan fingerprint density at radius 3 is 2.21 bits per heavy atom. The molecule has 4 aliphatic heterocycles. The van der Waals surface area contributed by atoms with E-state index in [0.29, 0.717) is 44.3 Å². The molecule has 5 aromatic rings. The van der Waals surface area contributed by atoms with Crippen LogP contribution in [0.15, 0.2) is 48.7 Å². The largest absolute Gasteiger partial charge is 0.488 e. The number of rotatable bonds is 9. The number of hydrogen-bond acceptors (Lipinski definition) is 10. The maximum Gasteiger partial charge on any atom is 0.407 e. The Balaban J connectivity index is 0.960. The Labute approximate surface area is 365 Å². The molecule has 0 radical (unpaired) electrons. The number of benzene rings is 3. The van der Waals surface area contributed by atoms with E-state index in [1.165, 1.54) is 14.2 Å². The summed E-state index contributed by atoms with van der Waals surface area (Å²) in [5.41, 5.74) is 6.58. The molecular formula is C47H56N8O8. The molecular weight excluding hydrogens is 805 g/mol. The number of H-pyrrole nitrogens is 2. The van der Waals surface area contributed by atoms with Gasteiger partial charge in [0.05, 0.1) is 49.2 Å². The first kappa shape index (κ1) is 42.2. The monoisotopic (exact) mass is 860 g/mol. The van der Waals surface area contributed by atoms with Crippen molar-refractivity contribution < 1.29 is 38.1 Å². The number of nitrogens with zero attached hydrogens (tertiary/aromatic N) is 4. The molecule has 6 heterocycles. The maximum atomic E-state index is 14.3. The summed E-state index contributed by atoms with van der Waals surface area (Å²) < 4.78 is 21.7. The average Bonchev–Trinajstić information content (AvgIpc) is 4.12. The van der Waals surface area contributed by atoms with Crippen LogP contribution in [0.4, 0.5) is 9.59 Å². The summed E-state index contributed by atoms with van der Waals surface area (Å²) in [5, 5.41) is 7.54. The third kappa shape index (κ3) is 7.82. The minimum absolute atomic E-state index is 0.0276. The fraction of sp³-hybridized carbons (Fsp3) is 0.489. The lowest BCUT2D eigenvalue weighted by atomic mass is 9.90. The highest BCUT2D eigenvalue weighted by Crippen LogP contribution is 2.44. The third-order valence-electron chi connectivity index (χ3n) is 13.6. The predicted molar refractivity (Wildman–Crippen MR) is 235 cm³/mol. The number of ether oxygens (including phenoxy) is 4. The fourth-order valence-electron chi connectivity index (χ4n) is 10.2. The summed E-state index contributed by atoms with van der Waals surface area (Å²) in [6, 6.07) is 12.6. The zero-order valence-corrected chi connectivity index (χ0v) is 36.7. The minimum atomic E-state index is -0.728. The van der Waals surface area contributed by atoms with Crippen LogP contribution in [0.25, 0.3) is 44.2 Å². The number of likely N-dealkylation sites (tertiary alicyclic amines) is 2. The molecule has 4 N–H and O–H groups in total. The Bertz CT molecular complexity index is 2560. The van der Waals surface area contributed by atoms with Crippen LogP contribution in [-0.2, 0) is 30.4 Å². The number of hydrogen-bond donors (Lipinski definition) is 4. The summed E-state index contributed by atoms with van der Waals surface area (Å²) in [5.74, 6) is 1.73. The molecule has 0 aliphatic carbocycles. The number of nitrogens with one attached hydrogen (secondary N) is 4. The van der Waals surface area contributed by atoms with Gasteiger partial charge < -0.3 is 49.3 Å². The minimum Gasteiger partial charge on any atom is -0.488 e. The van der Waals surface area contributed by atoms with Gasteiger partial charge in [0.15, 0.2) is 0 Å². The number of fused-ring (bicyclic) bond motifs is 6. The number of aromatic nitrogens is 4. The standard InChI is InChI=1S/C47H56N8O8/c1-24(2)39(52-46(58)60-5)44(56)55-26(4)8-14-37(55)43-49-34-12-10-28-20-33-31-11-9-29(19-30(31)23-63-38(33)21-32(28)41(34)51-43)35-22-48-42(50-35)36-13-7-25(3)54(36)45(57)40(53-47(59)61-6)27-15-17-62-18-16-27/h9-12,19-22,24-27,36-37,39-40H,7-8,13-18,23H2,1-6H3,(H,48,50)(H,49,51)(H,52,58)(H,53,59)/t25-,26-,36-,37-,39?,40-/m0/s1. The molecule has 1 unspecified atom stereocenters.